The number of phosphoric ester groups is 1. The Bertz CT molecular complexity index is 2430. The van der Waals surface area contributed by atoms with Gasteiger partial charge in [-0.15, -0.1) is 0 Å². The molecule has 7 rings (SSSR count). The molecule has 0 amide bonds. The van der Waals surface area contributed by atoms with Crippen LogP contribution in [0.3, 0.4) is 0 Å². The third-order valence-corrected chi connectivity index (χ3v) is 12.6. The van der Waals surface area contributed by atoms with Gasteiger partial charge in [-0.05, 0) is 107 Å². The number of benzene rings is 7. The minimum Gasteiger partial charge on any atom is -0.386 e. The zero-order valence-corrected chi connectivity index (χ0v) is 42.5. The van der Waals surface area contributed by atoms with Crippen LogP contribution in [0.25, 0.3) is 0 Å². The summed E-state index contributed by atoms with van der Waals surface area (Å²) >= 11 is 0. The van der Waals surface area contributed by atoms with Crippen molar-refractivity contribution < 1.29 is 45.4 Å². The van der Waals surface area contributed by atoms with E-state index >= 15 is 0 Å². The van der Waals surface area contributed by atoms with Gasteiger partial charge in [0.25, 0.3) is 0 Å². The van der Waals surface area contributed by atoms with E-state index in [0.717, 1.165) is 22.3 Å². The molecule has 2 unspecified atom stereocenters. The lowest BCUT2D eigenvalue weighted by molar-refractivity contribution is 0.298. The van der Waals surface area contributed by atoms with E-state index in [2.05, 4.69) is 27.7 Å². The Labute approximate surface area is 398 Å². The van der Waals surface area contributed by atoms with Gasteiger partial charge in [-0.25, -0.2) is 18.1 Å². The normalized spacial score (nSPS) is 12.0. The highest BCUT2D eigenvalue weighted by Gasteiger charge is 2.34. The summed E-state index contributed by atoms with van der Waals surface area (Å²) in [6.45, 7) is 20.3. The summed E-state index contributed by atoms with van der Waals surface area (Å²) in [6.07, 6.45) is 0. The quantitative estimate of drug-likeness (QED) is 0.0770. The average Bonchev–Trinajstić information content (AvgIpc) is 3.35. The Kier molecular flexibility index (Phi) is 20.7. The van der Waals surface area contributed by atoms with Crippen LogP contribution in [0, 0.1) is 0 Å². The van der Waals surface area contributed by atoms with Crippen LogP contribution in [-0.4, -0.2) is 0 Å². The van der Waals surface area contributed by atoms with E-state index in [1.54, 1.807) is 121 Å². The predicted octanol–water partition coefficient (Wildman–Crippen LogP) is 17.3. The molecule has 7 aromatic carbocycles. The standard InChI is InChI=1S/C48H43O10P3.3C2H6/c1-47(2,36-20-28-42(29-21-36)54-59(49)52-40-14-8-5-9-15-40)38-24-32-45(33-25-38)57-61(51,56-44-18-12-7-13-19-44)58-46-34-26-39(27-35-46)48(3,4)37-22-30-43(31-23-37)55-60(50)53-41-16-10-6-11-17-41;3*1-2/h5-35H,1-4H3;3*1-2H3/q+2;;;. The molecule has 0 aliphatic heterocycles. The van der Waals surface area contributed by atoms with E-state index in [-0.39, 0.29) is 11.5 Å². The Balaban J connectivity index is 0.00000157. The molecular formula is C54H61O10P3+2. The molecule has 0 aromatic heterocycles. The lowest BCUT2D eigenvalue weighted by Crippen LogP contribution is -2.18. The van der Waals surface area contributed by atoms with Crippen LogP contribution >= 0.6 is 24.3 Å². The first kappa shape index (κ1) is 53.2. The average molecular weight is 963 g/mol. The zero-order valence-electron chi connectivity index (χ0n) is 39.8. The first-order valence-electron chi connectivity index (χ1n) is 22.3. The van der Waals surface area contributed by atoms with Crippen LogP contribution in [-0.2, 0) is 24.5 Å². The van der Waals surface area contributed by atoms with Crippen molar-refractivity contribution in [2.75, 3.05) is 0 Å². The fraction of sp³-hybridized carbons (Fsp3) is 0.222. The molecule has 7 aromatic rings. The minimum atomic E-state index is -4.29. The Morgan fingerprint density at radius 2 is 0.507 bits per heavy atom. The Morgan fingerprint density at radius 3 is 0.761 bits per heavy atom. The molecule has 13 heteroatoms. The molecule has 0 fully saturated rings. The van der Waals surface area contributed by atoms with Crippen molar-refractivity contribution in [3.8, 4) is 40.2 Å². The fourth-order valence-electron chi connectivity index (χ4n) is 6.33. The SMILES string of the molecule is CC.CC.CC.CC(C)(c1ccc(O[P+](=O)Oc2ccccc2)cc1)c1ccc(OP(=O)(Oc2ccccc2)Oc2ccc(C(C)(C)c3ccc(O[P+](=O)Oc4ccccc4)cc3)cc2)cc1. The summed E-state index contributed by atoms with van der Waals surface area (Å²) in [4.78, 5) is 0. The van der Waals surface area contributed by atoms with Gasteiger partial charge in [0.05, 0.1) is 0 Å². The highest BCUT2D eigenvalue weighted by atomic mass is 31.2. The number of hydrogen-bond acceptors (Lipinski definition) is 10. The van der Waals surface area contributed by atoms with Crippen LogP contribution in [0.4, 0.5) is 0 Å². The van der Waals surface area contributed by atoms with E-state index in [4.69, 9.17) is 31.7 Å². The number of rotatable bonds is 18. The number of phosphoric acid groups is 1. The van der Waals surface area contributed by atoms with Gasteiger partial charge in [0, 0.05) is 20.0 Å². The maximum Gasteiger partial charge on any atom is 0.805 e. The van der Waals surface area contributed by atoms with Crippen molar-refractivity contribution in [2.24, 2.45) is 0 Å². The van der Waals surface area contributed by atoms with Crippen molar-refractivity contribution in [1.82, 2.24) is 0 Å². The van der Waals surface area contributed by atoms with E-state index in [9.17, 15) is 13.7 Å². The molecule has 0 bridgehead atoms. The van der Waals surface area contributed by atoms with Crippen molar-refractivity contribution in [3.05, 3.63) is 210 Å². The summed E-state index contributed by atoms with van der Waals surface area (Å²) in [5.41, 5.74) is 2.97. The molecule has 2 atom stereocenters. The van der Waals surface area contributed by atoms with Gasteiger partial charge in [-0.1, -0.05) is 172 Å². The van der Waals surface area contributed by atoms with Crippen molar-refractivity contribution in [1.29, 1.82) is 0 Å². The predicted molar refractivity (Wildman–Crippen MR) is 271 cm³/mol. The molecule has 350 valence electrons. The van der Waals surface area contributed by atoms with Crippen molar-refractivity contribution in [3.63, 3.8) is 0 Å². The van der Waals surface area contributed by atoms with Gasteiger partial charge in [0.15, 0.2) is 23.0 Å². The van der Waals surface area contributed by atoms with E-state index in [1.165, 1.54) is 0 Å². The molecule has 0 aliphatic rings. The summed E-state index contributed by atoms with van der Waals surface area (Å²) in [6, 6.07) is 55.5. The van der Waals surface area contributed by atoms with Crippen LogP contribution < -0.4 is 31.7 Å². The van der Waals surface area contributed by atoms with Gasteiger partial charge in [-0.2, -0.15) is 4.57 Å². The van der Waals surface area contributed by atoms with Gasteiger partial charge >= 0.3 is 24.3 Å². The maximum absolute atomic E-state index is 14.4. The lowest BCUT2D eigenvalue weighted by atomic mass is 9.78. The first-order valence-corrected chi connectivity index (χ1v) is 25.9. The molecule has 10 nitrogen and oxygen atoms in total. The zero-order chi connectivity index (χ0) is 48.9. The molecule has 0 saturated heterocycles. The summed E-state index contributed by atoms with van der Waals surface area (Å²) in [7, 11) is -9.11. The van der Waals surface area contributed by atoms with E-state index < -0.39 is 35.2 Å². The van der Waals surface area contributed by atoms with Gasteiger partial charge < -0.3 is 13.6 Å². The van der Waals surface area contributed by atoms with Crippen molar-refractivity contribution in [2.45, 2.75) is 80.1 Å². The third kappa shape index (κ3) is 15.6. The van der Waals surface area contributed by atoms with Crippen molar-refractivity contribution >= 4 is 24.3 Å². The Hall–Kier alpha value is -6.43. The van der Waals surface area contributed by atoms with Crippen LogP contribution in [0.2, 0.25) is 0 Å². The van der Waals surface area contributed by atoms with Gasteiger partial charge in [0.2, 0.25) is 0 Å². The topological polar surface area (TPSA) is 116 Å². The fourth-order valence-corrected chi connectivity index (χ4v) is 8.83. The lowest BCUT2D eigenvalue weighted by Gasteiger charge is -2.27. The molecule has 0 saturated carbocycles. The molecule has 0 heterocycles. The molecular weight excluding hydrogens is 902 g/mol. The van der Waals surface area contributed by atoms with E-state index in [1.807, 2.05) is 108 Å². The summed E-state index contributed by atoms with van der Waals surface area (Å²) < 4.78 is 79.0. The molecule has 0 N–H and O–H groups in total. The van der Waals surface area contributed by atoms with Crippen LogP contribution in [0.1, 0.15) is 91.5 Å². The highest BCUT2D eigenvalue weighted by molar-refractivity contribution is 7.49. The Morgan fingerprint density at radius 1 is 0.313 bits per heavy atom. The van der Waals surface area contributed by atoms with Gasteiger partial charge in [-0.3, -0.25) is 0 Å². The second kappa shape index (κ2) is 26.0. The van der Waals surface area contributed by atoms with E-state index in [0.29, 0.717) is 28.7 Å². The van der Waals surface area contributed by atoms with Crippen LogP contribution in [0.5, 0.6) is 40.2 Å². The molecule has 67 heavy (non-hydrogen) atoms. The summed E-state index contributed by atoms with van der Waals surface area (Å²) in [5.74, 6) is 2.62. The smallest absolute Gasteiger partial charge is 0.386 e. The largest absolute Gasteiger partial charge is 0.805 e. The summed E-state index contributed by atoms with van der Waals surface area (Å²) in [5, 5.41) is 0. The molecule has 0 aliphatic carbocycles. The number of hydrogen-bond donors (Lipinski definition) is 0. The highest BCUT2D eigenvalue weighted by Crippen LogP contribution is 2.50. The second-order valence-corrected chi connectivity index (χ2v) is 17.9. The monoisotopic (exact) mass is 962 g/mol. The van der Waals surface area contributed by atoms with Gasteiger partial charge in [0.1, 0.15) is 17.2 Å². The minimum absolute atomic E-state index is 0.283. The number of para-hydroxylation sites is 3. The molecule has 0 radical (unpaired) electrons. The van der Waals surface area contributed by atoms with Crippen LogP contribution in [0.15, 0.2) is 188 Å². The second-order valence-electron chi connectivity index (χ2n) is 14.8. The first-order chi connectivity index (χ1) is 32.3. The maximum atomic E-state index is 14.4. The third-order valence-electron chi connectivity index (χ3n) is 9.91. The molecule has 0 spiro atoms.